The van der Waals surface area contributed by atoms with Gasteiger partial charge >= 0.3 is 0 Å². The quantitative estimate of drug-likeness (QED) is 0.604. The lowest BCUT2D eigenvalue weighted by Gasteiger charge is -2.38. The summed E-state index contributed by atoms with van der Waals surface area (Å²) in [4.78, 5) is 18.0. The Labute approximate surface area is 203 Å². The smallest absolute Gasteiger partial charge is 0.241 e. The maximum absolute atomic E-state index is 12.8. The lowest BCUT2D eigenvalue weighted by Crippen LogP contribution is -2.43. The number of hydrogen-bond donors (Lipinski definition) is 2. The van der Waals surface area contributed by atoms with E-state index < -0.39 is 0 Å². The normalized spacial score (nSPS) is 28.9. The Kier molecular flexibility index (Phi) is 7.18. The second-order valence-electron chi connectivity index (χ2n) is 10.2. The molecule has 0 radical (unpaired) electrons. The lowest BCUT2D eigenvalue weighted by molar-refractivity contribution is -0.128. The number of allylic oxidation sites excluding steroid dienone is 1. The molecule has 4 aliphatic rings. The van der Waals surface area contributed by atoms with Gasteiger partial charge in [0.15, 0.2) is 0 Å². The molecule has 2 bridgehead atoms. The molecule has 2 N–H and O–H groups in total. The van der Waals surface area contributed by atoms with Gasteiger partial charge in [-0.15, -0.1) is 6.58 Å². The van der Waals surface area contributed by atoms with Crippen molar-refractivity contribution in [3.8, 4) is 5.75 Å². The first-order chi connectivity index (χ1) is 16.6. The minimum absolute atomic E-state index is 0.0899. The number of aromatic hydroxyl groups is 1. The number of phenolic OH excluding ortho intramolecular Hbond substituents is 1. The minimum Gasteiger partial charge on any atom is -0.508 e. The third kappa shape index (κ3) is 4.99. The zero-order valence-electron chi connectivity index (χ0n) is 20.1. The molecule has 0 spiro atoms. The van der Waals surface area contributed by atoms with Gasteiger partial charge in [-0.05, 0) is 61.8 Å². The molecule has 6 heteroatoms. The predicted molar refractivity (Wildman–Crippen MR) is 135 cm³/mol. The fourth-order valence-electron chi connectivity index (χ4n) is 6.28. The second kappa shape index (κ2) is 10.5. The van der Waals surface area contributed by atoms with E-state index in [2.05, 4.69) is 51.1 Å². The monoisotopic (exact) mass is 462 g/mol. The van der Waals surface area contributed by atoms with Gasteiger partial charge in [-0.2, -0.15) is 0 Å². The number of likely N-dealkylation sites (tertiary alicyclic amines) is 1. The summed E-state index contributed by atoms with van der Waals surface area (Å²) in [7, 11) is 0. The first-order valence-corrected chi connectivity index (χ1v) is 13.0. The highest BCUT2D eigenvalue weighted by Crippen LogP contribution is 2.43. The van der Waals surface area contributed by atoms with Gasteiger partial charge in [0.2, 0.25) is 5.91 Å². The summed E-state index contributed by atoms with van der Waals surface area (Å²) in [6, 6.07) is 8.83. The molecule has 1 aromatic carbocycles. The number of rotatable bonds is 7. The number of carbonyl (C=O) groups is 1. The van der Waals surface area contributed by atoms with Crippen LogP contribution in [0.3, 0.4) is 0 Å². The summed E-state index contributed by atoms with van der Waals surface area (Å²) in [6.07, 6.45) is 15.1. The average molecular weight is 463 g/mol. The van der Waals surface area contributed by atoms with Crippen molar-refractivity contribution in [3.63, 3.8) is 0 Å². The lowest BCUT2D eigenvalue weighted by atomic mass is 9.88. The van der Waals surface area contributed by atoms with E-state index in [0.29, 0.717) is 24.3 Å². The van der Waals surface area contributed by atoms with E-state index in [4.69, 9.17) is 0 Å². The summed E-state index contributed by atoms with van der Waals surface area (Å²) >= 11 is 0. The van der Waals surface area contributed by atoms with Crippen molar-refractivity contribution in [1.82, 2.24) is 20.2 Å². The van der Waals surface area contributed by atoms with Gasteiger partial charge in [0, 0.05) is 44.8 Å². The van der Waals surface area contributed by atoms with Gasteiger partial charge in [-0.25, -0.2) is 5.01 Å². The van der Waals surface area contributed by atoms with Crippen molar-refractivity contribution in [2.24, 2.45) is 5.92 Å². The van der Waals surface area contributed by atoms with Gasteiger partial charge in [0.25, 0.3) is 0 Å². The molecule has 0 aromatic heterocycles. The number of nitrogens with one attached hydrogen (secondary N) is 1. The van der Waals surface area contributed by atoms with Gasteiger partial charge in [0.1, 0.15) is 5.75 Å². The molecule has 34 heavy (non-hydrogen) atoms. The van der Waals surface area contributed by atoms with Crippen LogP contribution in [0.5, 0.6) is 5.75 Å². The fraction of sp³-hybridized carbons (Fsp3) is 0.536. The van der Waals surface area contributed by atoms with Crippen LogP contribution < -0.4 is 5.43 Å². The van der Waals surface area contributed by atoms with Crippen LogP contribution in [-0.2, 0) is 4.79 Å². The van der Waals surface area contributed by atoms with Crippen molar-refractivity contribution in [2.45, 2.75) is 56.7 Å². The molecule has 4 unspecified atom stereocenters. The van der Waals surface area contributed by atoms with Crippen LogP contribution in [0.15, 0.2) is 60.7 Å². The standard InChI is InChI=1S/C28H38N4O2/c1-2-15-30-18-14-24-12-13-25(20-30)32(24)27(23-6-5-7-26(33)19-23)21-8-10-22(11-9-21)28(34)29-31-16-3-4-17-31/h2,5-10,19,22,24-25,27,33H,1,3-4,11-18,20H2,(H,29,34). The summed E-state index contributed by atoms with van der Waals surface area (Å²) in [5.41, 5.74) is 5.47. The fourth-order valence-corrected chi connectivity index (χ4v) is 6.28. The second-order valence-corrected chi connectivity index (χ2v) is 10.2. The van der Waals surface area contributed by atoms with Crippen molar-refractivity contribution in [2.75, 3.05) is 32.7 Å². The van der Waals surface area contributed by atoms with Gasteiger partial charge in [0.05, 0.1) is 12.0 Å². The molecule has 6 nitrogen and oxygen atoms in total. The number of benzene rings is 1. The Morgan fingerprint density at radius 3 is 2.74 bits per heavy atom. The maximum atomic E-state index is 12.8. The zero-order valence-corrected chi connectivity index (χ0v) is 20.1. The first-order valence-electron chi connectivity index (χ1n) is 13.0. The van der Waals surface area contributed by atoms with Crippen LogP contribution in [0.2, 0.25) is 0 Å². The number of phenols is 1. The molecule has 4 atom stereocenters. The number of hydrazine groups is 1. The number of hydrogen-bond acceptors (Lipinski definition) is 5. The minimum atomic E-state index is -0.127. The largest absolute Gasteiger partial charge is 0.508 e. The number of fused-ring (bicyclic) bond motifs is 2. The topological polar surface area (TPSA) is 59.0 Å². The molecule has 3 saturated heterocycles. The molecule has 182 valence electrons. The SMILES string of the molecule is C=CCN1CCC2CCC(C1)N2C(C1=CCC(C(=O)NN2CCCC2)C=C1)c1cccc(O)c1. The summed E-state index contributed by atoms with van der Waals surface area (Å²) in [5, 5.41) is 12.3. The van der Waals surface area contributed by atoms with E-state index >= 15 is 0 Å². The maximum Gasteiger partial charge on any atom is 0.241 e. The average Bonchev–Trinajstić information content (AvgIpc) is 3.44. The van der Waals surface area contributed by atoms with E-state index in [1.807, 2.05) is 18.2 Å². The van der Waals surface area contributed by atoms with E-state index in [1.165, 1.54) is 18.4 Å². The van der Waals surface area contributed by atoms with Crippen molar-refractivity contribution >= 4 is 5.91 Å². The Bertz CT molecular complexity index is 951. The number of nitrogens with zero attached hydrogens (tertiary/aromatic N) is 3. The first kappa shape index (κ1) is 23.3. The molecule has 5 rings (SSSR count). The summed E-state index contributed by atoms with van der Waals surface area (Å²) in [6.45, 7) is 8.93. The van der Waals surface area contributed by atoms with Crippen LogP contribution in [-0.4, -0.2) is 70.6 Å². The number of carbonyl (C=O) groups excluding carboxylic acids is 1. The third-order valence-corrected chi connectivity index (χ3v) is 7.95. The molecule has 3 aliphatic heterocycles. The molecule has 3 heterocycles. The van der Waals surface area contributed by atoms with Crippen molar-refractivity contribution in [3.05, 3.63) is 66.3 Å². The van der Waals surface area contributed by atoms with E-state index in [1.54, 1.807) is 6.07 Å². The van der Waals surface area contributed by atoms with E-state index in [9.17, 15) is 9.90 Å². The van der Waals surface area contributed by atoms with Gasteiger partial charge < -0.3 is 5.11 Å². The molecule has 3 fully saturated rings. The van der Waals surface area contributed by atoms with Crippen LogP contribution in [0.25, 0.3) is 0 Å². The van der Waals surface area contributed by atoms with Gasteiger partial charge in [-0.3, -0.25) is 20.0 Å². The highest BCUT2D eigenvalue weighted by Gasteiger charge is 2.42. The highest BCUT2D eigenvalue weighted by molar-refractivity contribution is 5.80. The summed E-state index contributed by atoms with van der Waals surface area (Å²) < 4.78 is 0. The van der Waals surface area contributed by atoms with Crippen LogP contribution in [0, 0.1) is 5.92 Å². The van der Waals surface area contributed by atoms with Gasteiger partial charge in [-0.1, -0.05) is 36.4 Å². The zero-order chi connectivity index (χ0) is 23.5. The van der Waals surface area contributed by atoms with E-state index in [0.717, 1.165) is 57.5 Å². The Morgan fingerprint density at radius 1 is 1.18 bits per heavy atom. The Morgan fingerprint density at radius 2 is 2.00 bits per heavy atom. The molecule has 1 amide bonds. The summed E-state index contributed by atoms with van der Waals surface area (Å²) in [5.74, 6) is 0.275. The Hall–Kier alpha value is -2.41. The van der Waals surface area contributed by atoms with Crippen molar-refractivity contribution in [1.29, 1.82) is 0 Å². The van der Waals surface area contributed by atoms with Crippen LogP contribution in [0.4, 0.5) is 0 Å². The molecule has 0 saturated carbocycles. The molecular weight excluding hydrogens is 424 g/mol. The van der Waals surface area contributed by atoms with Crippen LogP contribution >= 0.6 is 0 Å². The third-order valence-electron chi connectivity index (χ3n) is 7.95. The molecular formula is C28H38N4O2. The molecule has 1 aromatic rings. The van der Waals surface area contributed by atoms with Crippen LogP contribution in [0.1, 0.15) is 50.1 Å². The predicted octanol–water partition coefficient (Wildman–Crippen LogP) is 3.79. The highest BCUT2D eigenvalue weighted by atomic mass is 16.3. The van der Waals surface area contributed by atoms with Crippen molar-refractivity contribution < 1.29 is 9.90 Å². The van der Waals surface area contributed by atoms with E-state index in [-0.39, 0.29) is 17.9 Å². The Balaban J connectivity index is 1.38. The number of amides is 1. The molecule has 1 aliphatic carbocycles.